The van der Waals surface area contributed by atoms with E-state index in [0.29, 0.717) is 17.7 Å². The van der Waals surface area contributed by atoms with E-state index in [2.05, 4.69) is 5.32 Å². The van der Waals surface area contributed by atoms with Crippen LogP contribution < -0.4 is 11.1 Å². The maximum Gasteiger partial charge on any atom is 0.308 e. The second-order valence-corrected chi connectivity index (χ2v) is 10.9. The Balaban J connectivity index is 1.44. The van der Waals surface area contributed by atoms with Gasteiger partial charge in [-0.3, -0.25) is 14.4 Å². The summed E-state index contributed by atoms with van der Waals surface area (Å²) >= 11 is 1.12. The number of benzene rings is 2. The molecule has 1 aliphatic rings. The molecule has 0 bridgehead atoms. The standard InChI is InChI=1S/C24H23N3O6S2/c25-24(30)17-7-9-18(10-8-17)26-21(28)15-33-22(29)14-20-19-5-2-1-4-16(19)11-12-27(20)35(31,32)23-6-3-13-34-23/h1-10,13,20H,11-12,14-15H2,(H2,25,30)(H,26,28). The van der Waals surface area contributed by atoms with Gasteiger partial charge < -0.3 is 15.8 Å². The lowest BCUT2D eigenvalue weighted by Gasteiger charge is -2.35. The fourth-order valence-electron chi connectivity index (χ4n) is 3.93. The van der Waals surface area contributed by atoms with Gasteiger partial charge in [0, 0.05) is 17.8 Å². The van der Waals surface area contributed by atoms with E-state index in [1.165, 1.54) is 34.6 Å². The molecule has 1 unspecified atom stereocenters. The number of primary amides is 1. The minimum atomic E-state index is -3.81. The van der Waals surface area contributed by atoms with Gasteiger partial charge in [0.2, 0.25) is 5.91 Å². The average Bonchev–Trinajstić information content (AvgIpc) is 3.39. The number of hydrogen-bond acceptors (Lipinski definition) is 7. The van der Waals surface area contributed by atoms with Crippen molar-refractivity contribution in [3.05, 3.63) is 82.7 Å². The number of sulfonamides is 1. The van der Waals surface area contributed by atoms with Crippen LogP contribution in [0.4, 0.5) is 5.69 Å². The first-order valence-corrected chi connectivity index (χ1v) is 13.1. The van der Waals surface area contributed by atoms with Crippen molar-refractivity contribution in [1.29, 1.82) is 0 Å². The quantitative estimate of drug-likeness (QED) is 0.445. The average molecular weight is 514 g/mol. The number of carbonyl (C=O) groups excluding carboxylic acids is 3. The van der Waals surface area contributed by atoms with E-state index in [1.54, 1.807) is 17.5 Å². The van der Waals surface area contributed by atoms with Crippen LogP contribution in [0.3, 0.4) is 0 Å². The fourth-order valence-corrected chi connectivity index (χ4v) is 6.66. The van der Waals surface area contributed by atoms with E-state index >= 15 is 0 Å². The highest BCUT2D eigenvalue weighted by Gasteiger charge is 2.38. The van der Waals surface area contributed by atoms with Gasteiger partial charge in [-0.15, -0.1) is 11.3 Å². The molecule has 0 saturated carbocycles. The third kappa shape index (κ3) is 5.59. The number of fused-ring (bicyclic) bond motifs is 1. The van der Waals surface area contributed by atoms with Gasteiger partial charge in [0.05, 0.1) is 12.5 Å². The van der Waals surface area contributed by atoms with Gasteiger partial charge in [-0.2, -0.15) is 4.31 Å². The second-order valence-electron chi connectivity index (χ2n) is 7.87. The number of rotatable bonds is 8. The molecule has 11 heteroatoms. The Kier molecular flexibility index (Phi) is 7.29. The predicted octanol–water partition coefficient (Wildman–Crippen LogP) is 2.71. The summed E-state index contributed by atoms with van der Waals surface area (Å²) in [6.07, 6.45) is 0.297. The molecule has 9 nitrogen and oxygen atoms in total. The van der Waals surface area contributed by atoms with Crippen LogP contribution in [-0.4, -0.2) is 43.7 Å². The maximum absolute atomic E-state index is 13.3. The van der Waals surface area contributed by atoms with Crippen LogP contribution in [-0.2, 0) is 30.8 Å². The minimum Gasteiger partial charge on any atom is -0.456 e. The highest BCUT2D eigenvalue weighted by Crippen LogP contribution is 2.37. The zero-order valence-corrected chi connectivity index (χ0v) is 20.2. The molecule has 2 amide bonds. The lowest BCUT2D eigenvalue weighted by atomic mass is 9.92. The molecule has 3 aromatic rings. The zero-order chi connectivity index (χ0) is 25.0. The number of amides is 2. The van der Waals surface area contributed by atoms with E-state index in [0.717, 1.165) is 22.5 Å². The van der Waals surface area contributed by atoms with Crippen molar-refractivity contribution in [1.82, 2.24) is 4.31 Å². The van der Waals surface area contributed by atoms with Gasteiger partial charge in [0.25, 0.3) is 15.9 Å². The van der Waals surface area contributed by atoms with E-state index in [9.17, 15) is 22.8 Å². The molecule has 1 aliphatic heterocycles. The van der Waals surface area contributed by atoms with Crippen molar-refractivity contribution >= 4 is 44.8 Å². The Morgan fingerprint density at radius 1 is 1.06 bits per heavy atom. The summed E-state index contributed by atoms with van der Waals surface area (Å²) in [4.78, 5) is 36.0. The van der Waals surface area contributed by atoms with Crippen molar-refractivity contribution in [3.8, 4) is 0 Å². The zero-order valence-electron chi connectivity index (χ0n) is 18.5. The summed E-state index contributed by atoms with van der Waals surface area (Å²) in [5.74, 6) is -1.86. The van der Waals surface area contributed by atoms with Crippen molar-refractivity contribution in [2.45, 2.75) is 23.1 Å². The van der Waals surface area contributed by atoms with Gasteiger partial charge in [0.15, 0.2) is 6.61 Å². The summed E-state index contributed by atoms with van der Waals surface area (Å²) in [5, 5.41) is 4.25. The second kappa shape index (κ2) is 10.4. The number of anilines is 1. The molecule has 0 fully saturated rings. The number of hydrogen-bond donors (Lipinski definition) is 2. The summed E-state index contributed by atoms with van der Waals surface area (Å²) in [6, 6.07) is 15.8. The third-order valence-electron chi connectivity index (χ3n) is 5.60. The number of carbonyl (C=O) groups is 3. The molecular weight excluding hydrogens is 490 g/mol. The van der Waals surface area contributed by atoms with Gasteiger partial charge >= 0.3 is 5.97 Å². The lowest BCUT2D eigenvalue weighted by Crippen LogP contribution is -2.41. The van der Waals surface area contributed by atoms with Crippen molar-refractivity contribution < 1.29 is 27.5 Å². The van der Waals surface area contributed by atoms with Crippen LogP contribution in [0.25, 0.3) is 0 Å². The highest BCUT2D eigenvalue weighted by molar-refractivity contribution is 7.91. The number of nitrogens with two attached hydrogens (primary N) is 1. The molecule has 35 heavy (non-hydrogen) atoms. The van der Waals surface area contributed by atoms with Crippen LogP contribution in [0, 0.1) is 0 Å². The van der Waals surface area contributed by atoms with E-state index in [4.69, 9.17) is 10.5 Å². The molecular formula is C24H23N3O6S2. The first-order valence-electron chi connectivity index (χ1n) is 10.7. The van der Waals surface area contributed by atoms with Crippen LogP contribution in [0.15, 0.2) is 70.3 Å². The van der Waals surface area contributed by atoms with E-state index in [-0.39, 0.29) is 17.2 Å². The number of ether oxygens (including phenoxy) is 1. The Labute approximate surface area is 206 Å². The van der Waals surface area contributed by atoms with Crippen LogP contribution in [0.5, 0.6) is 0 Å². The predicted molar refractivity (Wildman–Crippen MR) is 130 cm³/mol. The molecule has 0 aliphatic carbocycles. The van der Waals surface area contributed by atoms with Crippen molar-refractivity contribution in [3.63, 3.8) is 0 Å². The van der Waals surface area contributed by atoms with E-state index < -0.39 is 40.5 Å². The molecule has 0 saturated heterocycles. The monoisotopic (exact) mass is 513 g/mol. The molecule has 1 aromatic heterocycles. The Hall–Kier alpha value is -3.54. The molecule has 3 N–H and O–H groups in total. The minimum absolute atomic E-state index is 0.206. The Bertz CT molecular complexity index is 1340. The first kappa shape index (κ1) is 24.6. The number of thiophene rings is 1. The summed E-state index contributed by atoms with van der Waals surface area (Å²) in [6.45, 7) is -0.306. The molecule has 182 valence electrons. The largest absolute Gasteiger partial charge is 0.456 e. The van der Waals surface area contributed by atoms with Crippen LogP contribution >= 0.6 is 11.3 Å². The summed E-state index contributed by atoms with van der Waals surface area (Å²) in [7, 11) is -3.81. The van der Waals surface area contributed by atoms with Gasteiger partial charge in [0.1, 0.15) is 4.21 Å². The molecule has 4 rings (SSSR count). The Morgan fingerprint density at radius 2 is 1.80 bits per heavy atom. The topological polar surface area (TPSA) is 136 Å². The number of esters is 1. The molecule has 0 radical (unpaired) electrons. The van der Waals surface area contributed by atoms with Gasteiger partial charge in [-0.05, 0) is 53.3 Å². The molecule has 2 heterocycles. The smallest absolute Gasteiger partial charge is 0.308 e. The SMILES string of the molecule is NC(=O)c1ccc(NC(=O)COC(=O)CC2c3ccccc3CCN2S(=O)(=O)c2cccs2)cc1. The summed E-state index contributed by atoms with van der Waals surface area (Å²) in [5.41, 5.74) is 7.61. The molecule has 2 aromatic carbocycles. The van der Waals surface area contributed by atoms with E-state index in [1.807, 2.05) is 18.2 Å². The molecule has 0 spiro atoms. The number of nitrogens with one attached hydrogen (secondary N) is 1. The first-order chi connectivity index (χ1) is 16.8. The van der Waals surface area contributed by atoms with Gasteiger partial charge in [-0.1, -0.05) is 30.3 Å². The molecule has 1 atom stereocenters. The van der Waals surface area contributed by atoms with Crippen molar-refractivity contribution in [2.24, 2.45) is 5.73 Å². The van der Waals surface area contributed by atoms with Gasteiger partial charge in [-0.25, -0.2) is 8.42 Å². The van der Waals surface area contributed by atoms with Crippen molar-refractivity contribution in [2.75, 3.05) is 18.5 Å². The fraction of sp³-hybridized carbons (Fsp3) is 0.208. The maximum atomic E-state index is 13.3. The van der Waals surface area contributed by atoms with Crippen LogP contribution in [0.2, 0.25) is 0 Å². The highest BCUT2D eigenvalue weighted by atomic mass is 32.2. The lowest BCUT2D eigenvalue weighted by molar-refractivity contribution is -0.148. The summed E-state index contributed by atoms with van der Waals surface area (Å²) < 4.78 is 33.3. The van der Waals surface area contributed by atoms with Crippen LogP contribution in [0.1, 0.15) is 33.9 Å². The Morgan fingerprint density at radius 3 is 2.49 bits per heavy atom. The normalized spacial score (nSPS) is 15.7. The third-order valence-corrected chi connectivity index (χ3v) is 8.88. The number of nitrogens with zero attached hydrogens (tertiary/aromatic N) is 1.